The highest BCUT2D eigenvalue weighted by Gasteiger charge is 2.10. The fourth-order valence-electron chi connectivity index (χ4n) is 3.78. The second-order valence-corrected chi connectivity index (χ2v) is 8.71. The van der Waals surface area contributed by atoms with Gasteiger partial charge in [0.15, 0.2) is 0 Å². The minimum atomic E-state index is -0.368. The van der Waals surface area contributed by atoms with Gasteiger partial charge in [0.2, 0.25) is 0 Å². The van der Waals surface area contributed by atoms with Crippen molar-refractivity contribution in [3.8, 4) is 22.8 Å². The van der Waals surface area contributed by atoms with Gasteiger partial charge in [0, 0.05) is 5.56 Å². The monoisotopic (exact) mass is 459 g/mol. The van der Waals surface area contributed by atoms with Crippen LogP contribution in [0.4, 0.5) is 0 Å². The van der Waals surface area contributed by atoms with Crippen LogP contribution in [0.3, 0.4) is 0 Å². The summed E-state index contributed by atoms with van der Waals surface area (Å²) in [7, 11) is 0. The van der Waals surface area contributed by atoms with Crippen LogP contribution in [0, 0.1) is 0 Å². The molecular weight excluding hydrogens is 422 g/mol. The van der Waals surface area contributed by atoms with Crippen LogP contribution in [0.15, 0.2) is 66.9 Å². The molecule has 2 aromatic carbocycles. The maximum Gasteiger partial charge on any atom is 0.343 e. The molecule has 0 aliphatic heterocycles. The number of hydrogen-bond acceptors (Lipinski definition) is 4. The SMILES string of the molecule is CCCCCCOc1ccc(-c2ccc(OC(=O)c3ccc(CCCCCC)cc3)cn2)cc1. The first-order chi connectivity index (χ1) is 16.7. The van der Waals surface area contributed by atoms with E-state index in [-0.39, 0.29) is 5.97 Å². The highest BCUT2D eigenvalue weighted by Crippen LogP contribution is 2.23. The molecule has 0 bridgehead atoms. The van der Waals surface area contributed by atoms with Gasteiger partial charge in [-0.25, -0.2) is 4.79 Å². The Bertz CT molecular complexity index is 979. The lowest BCUT2D eigenvalue weighted by molar-refractivity contribution is 0.0734. The summed E-state index contributed by atoms with van der Waals surface area (Å²) in [4.78, 5) is 17.0. The van der Waals surface area contributed by atoms with Crippen molar-refractivity contribution in [2.45, 2.75) is 71.6 Å². The van der Waals surface area contributed by atoms with Crippen LogP contribution in [0.25, 0.3) is 11.3 Å². The number of hydrogen-bond donors (Lipinski definition) is 0. The molecule has 3 rings (SSSR count). The van der Waals surface area contributed by atoms with Gasteiger partial charge in [-0.05, 0) is 73.4 Å². The lowest BCUT2D eigenvalue weighted by Crippen LogP contribution is -2.08. The number of pyridine rings is 1. The van der Waals surface area contributed by atoms with E-state index in [2.05, 4.69) is 18.8 Å². The predicted octanol–water partition coefficient (Wildman–Crippen LogP) is 8.05. The molecule has 0 N–H and O–H groups in total. The quantitative estimate of drug-likeness (QED) is 0.181. The van der Waals surface area contributed by atoms with E-state index in [0.29, 0.717) is 11.3 Å². The Morgan fingerprint density at radius 1 is 0.735 bits per heavy atom. The molecule has 0 fully saturated rings. The summed E-state index contributed by atoms with van der Waals surface area (Å²) in [5, 5.41) is 0. The molecule has 3 aromatic rings. The third-order valence-corrected chi connectivity index (χ3v) is 5.87. The molecule has 0 aliphatic rings. The molecule has 0 saturated heterocycles. The molecule has 1 heterocycles. The van der Waals surface area contributed by atoms with Crippen LogP contribution in [-0.4, -0.2) is 17.6 Å². The number of carbonyl (C=O) groups excluding carboxylic acids is 1. The molecule has 0 aliphatic carbocycles. The van der Waals surface area contributed by atoms with Crippen molar-refractivity contribution in [3.63, 3.8) is 0 Å². The maximum absolute atomic E-state index is 12.5. The van der Waals surface area contributed by atoms with E-state index >= 15 is 0 Å². The van der Waals surface area contributed by atoms with Crippen LogP contribution in [0.5, 0.6) is 11.5 Å². The third-order valence-electron chi connectivity index (χ3n) is 5.87. The minimum absolute atomic E-state index is 0.368. The summed E-state index contributed by atoms with van der Waals surface area (Å²) >= 11 is 0. The normalized spacial score (nSPS) is 10.8. The number of esters is 1. The van der Waals surface area contributed by atoms with Crippen molar-refractivity contribution in [2.24, 2.45) is 0 Å². The van der Waals surface area contributed by atoms with Crippen LogP contribution in [0.2, 0.25) is 0 Å². The topological polar surface area (TPSA) is 48.4 Å². The van der Waals surface area contributed by atoms with E-state index in [1.807, 2.05) is 54.6 Å². The number of carbonyl (C=O) groups is 1. The first-order valence-corrected chi connectivity index (χ1v) is 12.7. The summed E-state index contributed by atoms with van der Waals surface area (Å²) in [6.07, 6.45) is 12.4. The average molecular weight is 460 g/mol. The van der Waals surface area contributed by atoms with Gasteiger partial charge < -0.3 is 9.47 Å². The van der Waals surface area contributed by atoms with E-state index in [9.17, 15) is 4.79 Å². The largest absolute Gasteiger partial charge is 0.494 e. The number of ether oxygens (including phenoxy) is 2. The highest BCUT2D eigenvalue weighted by atomic mass is 16.5. The Kier molecular flexibility index (Phi) is 10.6. The van der Waals surface area contributed by atoms with Crippen molar-refractivity contribution in [2.75, 3.05) is 6.61 Å². The van der Waals surface area contributed by atoms with E-state index in [0.717, 1.165) is 36.5 Å². The van der Waals surface area contributed by atoms with Gasteiger partial charge in [0.05, 0.1) is 24.1 Å². The van der Waals surface area contributed by atoms with Gasteiger partial charge in [-0.3, -0.25) is 4.98 Å². The molecule has 1 aromatic heterocycles. The Morgan fingerprint density at radius 3 is 2.06 bits per heavy atom. The fraction of sp³-hybridized carbons (Fsp3) is 0.400. The van der Waals surface area contributed by atoms with Gasteiger partial charge >= 0.3 is 5.97 Å². The molecule has 34 heavy (non-hydrogen) atoms. The number of aryl methyl sites for hydroxylation is 1. The lowest BCUT2D eigenvalue weighted by Gasteiger charge is -2.08. The second kappa shape index (κ2) is 14.2. The van der Waals surface area contributed by atoms with Crippen LogP contribution in [0.1, 0.15) is 81.1 Å². The third kappa shape index (κ3) is 8.33. The summed E-state index contributed by atoms with van der Waals surface area (Å²) in [5.74, 6) is 0.940. The highest BCUT2D eigenvalue weighted by molar-refractivity contribution is 5.91. The minimum Gasteiger partial charge on any atom is -0.494 e. The number of unbranched alkanes of at least 4 members (excludes halogenated alkanes) is 6. The van der Waals surface area contributed by atoms with Gasteiger partial charge in [-0.2, -0.15) is 0 Å². The smallest absolute Gasteiger partial charge is 0.343 e. The first-order valence-electron chi connectivity index (χ1n) is 12.7. The molecule has 0 radical (unpaired) electrons. The zero-order valence-electron chi connectivity index (χ0n) is 20.6. The van der Waals surface area contributed by atoms with E-state index in [1.54, 1.807) is 12.3 Å². The van der Waals surface area contributed by atoms with E-state index in [4.69, 9.17) is 9.47 Å². The Labute approximate surface area is 204 Å². The van der Waals surface area contributed by atoms with Crippen LogP contribution >= 0.6 is 0 Å². The standard InChI is InChI=1S/C30H37NO3/c1-3-5-7-9-11-24-12-14-26(15-13-24)30(32)34-28-20-21-29(31-23-28)25-16-18-27(19-17-25)33-22-10-8-6-4-2/h12-21,23H,3-11,22H2,1-2H3. The van der Waals surface area contributed by atoms with Gasteiger partial charge in [-0.15, -0.1) is 0 Å². The average Bonchev–Trinajstić information content (AvgIpc) is 2.88. The number of benzene rings is 2. The Hall–Kier alpha value is -3.14. The zero-order chi connectivity index (χ0) is 24.0. The Balaban J connectivity index is 1.49. The van der Waals surface area contributed by atoms with Gasteiger partial charge in [0.25, 0.3) is 0 Å². The number of aromatic nitrogens is 1. The predicted molar refractivity (Wildman–Crippen MR) is 139 cm³/mol. The van der Waals surface area contributed by atoms with Crippen LogP contribution < -0.4 is 9.47 Å². The van der Waals surface area contributed by atoms with Crippen molar-refractivity contribution < 1.29 is 14.3 Å². The fourth-order valence-corrected chi connectivity index (χ4v) is 3.78. The van der Waals surface area contributed by atoms with Gasteiger partial charge in [0.1, 0.15) is 11.5 Å². The summed E-state index contributed by atoms with van der Waals surface area (Å²) < 4.78 is 11.3. The van der Waals surface area contributed by atoms with Crippen molar-refractivity contribution in [3.05, 3.63) is 78.0 Å². The van der Waals surface area contributed by atoms with E-state index in [1.165, 1.54) is 50.5 Å². The zero-order valence-corrected chi connectivity index (χ0v) is 20.6. The molecule has 0 atom stereocenters. The van der Waals surface area contributed by atoms with Crippen molar-refractivity contribution in [1.29, 1.82) is 0 Å². The lowest BCUT2D eigenvalue weighted by atomic mass is 10.0. The molecule has 180 valence electrons. The summed E-state index contributed by atoms with van der Waals surface area (Å²) in [6.45, 7) is 5.17. The molecule has 0 spiro atoms. The van der Waals surface area contributed by atoms with Crippen LogP contribution in [-0.2, 0) is 6.42 Å². The summed E-state index contributed by atoms with van der Waals surface area (Å²) in [5.41, 5.74) is 3.62. The maximum atomic E-state index is 12.5. The molecule has 0 unspecified atom stereocenters. The van der Waals surface area contributed by atoms with Crippen molar-refractivity contribution in [1.82, 2.24) is 4.98 Å². The van der Waals surface area contributed by atoms with E-state index < -0.39 is 0 Å². The first kappa shape index (κ1) is 25.5. The molecule has 0 amide bonds. The molecule has 0 saturated carbocycles. The van der Waals surface area contributed by atoms with Gasteiger partial charge in [-0.1, -0.05) is 64.5 Å². The number of nitrogens with zero attached hydrogens (tertiary/aromatic N) is 1. The molecule has 4 heteroatoms. The van der Waals surface area contributed by atoms with Crippen molar-refractivity contribution >= 4 is 5.97 Å². The Morgan fingerprint density at radius 2 is 1.41 bits per heavy atom. The number of rotatable bonds is 14. The molecule has 4 nitrogen and oxygen atoms in total. The molecular formula is C30H37NO3. The summed E-state index contributed by atoms with van der Waals surface area (Å²) in [6, 6.07) is 19.3. The second-order valence-electron chi connectivity index (χ2n) is 8.71.